The predicted molar refractivity (Wildman–Crippen MR) is 56.4 cm³/mol. The number of rotatable bonds is 1. The smallest absolute Gasteiger partial charge is 0.167 e. The Morgan fingerprint density at radius 1 is 1.40 bits per heavy atom. The van der Waals surface area contributed by atoms with Gasteiger partial charge in [0.25, 0.3) is 0 Å². The van der Waals surface area contributed by atoms with Crippen LogP contribution in [-0.4, -0.2) is 11.3 Å². The summed E-state index contributed by atoms with van der Waals surface area (Å²) in [6.07, 6.45) is 0.844. The molecule has 0 fully saturated rings. The van der Waals surface area contributed by atoms with Gasteiger partial charge in [0.15, 0.2) is 6.29 Å². The second kappa shape index (κ2) is 3.21. The van der Waals surface area contributed by atoms with Gasteiger partial charge in [0.2, 0.25) is 0 Å². The first-order chi connectivity index (χ1) is 4.66. The lowest BCUT2D eigenvalue weighted by atomic mass is 10.4. The molecule has 0 aliphatic carbocycles. The third-order valence-electron chi connectivity index (χ3n) is 1.20. The van der Waals surface area contributed by atoms with E-state index in [1.54, 1.807) is 0 Å². The molecule has 0 radical (unpaired) electrons. The average Bonchev–Trinajstić information content (AvgIpc) is 2.17. The summed E-state index contributed by atoms with van der Waals surface area (Å²) in [7, 11) is 0. The van der Waals surface area contributed by atoms with Crippen molar-refractivity contribution in [2.45, 2.75) is 6.92 Å². The SMILES string of the molecule is Cc1[nH]c(C=O)c(I)c1I. The first-order valence-corrected chi connectivity index (χ1v) is 4.81. The molecule has 0 saturated carbocycles. The molecule has 0 spiro atoms. The van der Waals surface area contributed by atoms with E-state index in [2.05, 4.69) is 50.2 Å². The number of H-pyrrole nitrogens is 1. The maximum Gasteiger partial charge on any atom is 0.167 e. The van der Waals surface area contributed by atoms with Gasteiger partial charge in [0.05, 0.1) is 9.26 Å². The van der Waals surface area contributed by atoms with Crippen LogP contribution in [0.15, 0.2) is 0 Å². The Morgan fingerprint density at radius 3 is 2.20 bits per heavy atom. The third-order valence-corrected chi connectivity index (χ3v) is 4.70. The lowest BCUT2D eigenvalue weighted by Gasteiger charge is -1.83. The molecule has 1 N–H and O–H groups in total. The number of nitrogens with one attached hydrogen (secondary N) is 1. The summed E-state index contributed by atoms with van der Waals surface area (Å²) < 4.78 is 2.16. The van der Waals surface area contributed by atoms with Gasteiger partial charge in [0, 0.05) is 9.26 Å². The number of hydrogen-bond donors (Lipinski definition) is 1. The molecule has 0 bridgehead atoms. The van der Waals surface area contributed by atoms with Gasteiger partial charge in [-0.2, -0.15) is 0 Å². The molecule has 54 valence electrons. The molecule has 0 saturated heterocycles. The zero-order valence-electron chi connectivity index (χ0n) is 5.24. The molecule has 0 amide bonds. The Morgan fingerprint density at radius 2 is 2.00 bits per heavy atom. The first kappa shape index (κ1) is 8.51. The van der Waals surface area contributed by atoms with Gasteiger partial charge in [-0.3, -0.25) is 4.79 Å². The number of carbonyl (C=O) groups excluding carboxylic acids is 1. The van der Waals surface area contributed by atoms with Crippen molar-refractivity contribution in [1.29, 1.82) is 0 Å². The monoisotopic (exact) mass is 361 g/mol. The fourth-order valence-electron chi connectivity index (χ4n) is 0.676. The summed E-state index contributed by atoms with van der Waals surface area (Å²) in [4.78, 5) is 13.3. The Hall–Kier alpha value is 0.410. The van der Waals surface area contributed by atoms with Crippen molar-refractivity contribution in [3.8, 4) is 0 Å². The van der Waals surface area contributed by atoms with Crippen LogP contribution in [0.25, 0.3) is 0 Å². The van der Waals surface area contributed by atoms with E-state index in [0.717, 1.165) is 19.1 Å². The van der Waals surface area contributed by atoms with Gasteiger partial charge in [-0.15, -0.1) is 0 Å². The van der Waals surface area contributed by atoms with Crippen LogP contribution in [0.3, 0.4) is 0 Å². The lowest BCUT2D eigenvalue weighted by molar-refractivity contribution is 0.111. The average molecular weight is 361 g/mol. The van der Waals surface area contributed by atoms with E-state index in [4.69, 9.17) is 0 Å². The molecule has 0 aromatic carbocycles. The van der Waals surface area contributed by atoms with Gasteiger partial charge in [-0.25, -0.2) is 0 Å². The van der Waals surface area contributed by atoms with E-state index in [0.29, 0.717) is 5.69 Å². The lowest BCUT2D eigenvalue weighted by Crippen LogP contribution is -1.80. The summed E-state index contributed by atoms with van der Waals surface area (Å²) in [5.41, 5.74) is 1.75. The molecule has 0 unspecified atom stereocenters. The van der Waals surface area contributed by atoms with E-state index < -0.39 is 0 Å². The third kappa shape index (κ3) is 1.36. The van der Waals surface area contributed by atoms with E-state index in [9.17, 15) is 4.79 Å². The van der Waals surface area contributed by atoms with Crippen LogP contribution in [0.1, 0.15) is 16.2 Å². The molecular weight excluding hydrogens is 356 g/mol. The van der Waals surface area contributed by atoms with E-state index >= 15 is 0 Å². The van der Waals surface area contributed by atoms with E-state index in [1.165, 1.54) is 0 Å². The van der Waals surface area contributed by atoms with Gasteiger partial charge in [-0.1, -0.05) is 0 Å². The number of carbonyl (C=O) groups is 1. The van der Waals surface area contributed by atoms with Crippen molar-refractivity contribution in [3.05, 3.63) is 18.5 Å². The van der Waals surface area contributed by atoms with Crippen LogP contribution in [0, 0.1) is 14.1 Å². The molecule has 1 aromatic rings. The Bertz CT molecular complexity index is 267. The number of aldehydes is 1. The highest BCUT2D eigenvalue weighted by molar-refractivity contribution is 14.1. The molecule has 1 rings (SSSR count). The molecule has 10 heavy (non-hydrogen) atoms. The molecule has 1 heterocycles. The fraction of sp³-hybridized carbons (Fsp3) is 0.167. The van der Waals surface area contributed by atoms with Crippen molar-refractivity contribution >= 4 is 51.5 Å². The quantitative estimate of drug-likeness (QED) is 0.605. The topological polar surface area (TPSA) is 32.9 Å². The highest BCUT2D eigenvalue weighted by Gasteiger charge is 2.07. The van der Waals surface area contributed by atoms with Crippen LogP contribution in [0.4, 0.5) is 0 Å². The second-order valence-corrected chi connectivity index (χ2v) is 4.07. The summed E-state index contributed by atoms with van der Waals surface area (Å²) in [5, 5.41) is 0. The van der Waals surface area contributed by atoms with Gasteiger partial charge < -0.3 is 4.98 Å². The molecule has 0 atom stereocenters. The molecule has 0 aliphatic heterocycles. The molecule has 1 aromatic heterocycles. The van der Waals surface area contributed by atoms with Crippen molar-refractivity contribution in [1.82, 2.24) is 4.98 Å². The van der Waals surface area contributed by atoms with Crippen molar-refractivity contribution in [2.24, 2.45) is 0 Å². The highest BCUT2D eigenvalue weighted by atomic mass is 127. The maximum atomic E-state index is 10.4. The van der Waals surface area contributed by atoms with Crippen LogP contribution < -0.4 is 0 Å². The Kier molecular flexibility index (Phi) is 2.73. The largest absolute Gasteiger partial charge is 0.355 e. The maximum absolute atomic E-state index is 10.4. The van der Waals surface area contributed by atoms with Gasteiger partial charge >= 0.3 is 0 Å². The Balaban J connectivity index is 3.30. The molecular formula is C6H5I2NO. The summed E-state index contributed by atoms with van der Waals surface area (Å²) >= 11 is 4.37. The summed E-state index contributed by atoms with van der Waals surface area (Å²) in [5.74, 6) is 0. The normalized spacial score (nSPS) is 9.90. The molecule has 4 heteroatoms. The van der Waals surface area contributed by atoms with Crippen LogP contribution in [-0.2, 0) is 0 Å². The number of aromatic amines is 1. The van der Waals surface area contributed by atoms with Crippen molar-refractivity contribution in [3.63, 3.8) is 0 Å². The van der Waals surface area contributed by atoms with Crippen molar-refractivity contribution < 1.29 is 4.79 Å². The van der Waals surface area contributed by atoms with Crippen LogP contribution >= 0.6 is 45.2 Å². The second-order valence-electron chi connectivity index (χ2n) is 1.91. The predicted octanol–water partition coefficient (Wildman–Crippen LogP) is 2.34. The number of aromatic nitrogens is 1. The highest BCUT2D eigenvalue weighted by Crippen LogP contribution is 2.20. The minimum Gasteiger partial charge on any atom is -0.355 e. The van der Waals surface area contributed by atoms with Crippen LogP contribution in [0.5, 0.6) is 0 Å². The number of aryl methyl sites for hydroxylation is 1. The minimum atomic E-state index is 0.683. The van der Waals surface area contributed by atoms with E-state index in [1.807, 2.05) is 6.92 Å². The van der Waals surface area contributed by atoms with E-state index in [-0.39, 0.29) is 0 Å². The number of hydrogen-bond acceptors (Lipinski definition) is 1. The van der Waals surface area contributed by atoms with Crippen LogP contribution in [0.2, 0.25) is 0 Å². The standard InChI is InChI=1S/C6H5I2NO/c1-3-5(7)6(8)4(2-10)9-3/h2,9H,1H3. The van der Waals surface area contributed by atoms with Gasteiger partial charge in [0.1, 0.15) is 0 Å². The molecule has 2 nitrogen and oxygen atoms in total. The minimum absolute atomic E-state index is 0.683. The molecule has 0 aliphatic rings. The number of halogens is 2. The summed E-state index contributed by atoms with van der Waals surface area (Å²) in [6.45, 7) is 1.96. The fourth-order valence-corrected chi connectivity index (χ4v) is 1.77. The zero-order valence-corrected chi connectivity index (χ0v) is 9.56. The Labute approximate surface area is 86.1 Å². The van der Waals surface area contributed by atoms with Crippen molar-refractivity contribution in [2.75, 3.05) is 0 Å². The van der Waals surface area contributed by atoms with Gasteiger partial charge in [-0.05, 0) is 52.1 Å². The summed E-state index contributed by atoms with van der Waals surface area (Å²) in [6, 6.07) is 0. The zero-order chi connectivity index (χ0) is 7.72. The first-order valence-electron chi connectivity index (χ1n) is 2.65.